The molecule has 0 saturated carbocycles. The number of allylic oxidation sites excluding steroid dienone is 2. The lowest BCUT2D eigenvalue weighted by Gasteiger charge is -2.31. The van der Waals surface area contributed by atoms with Crippen LogP contribution < -0.4 is 0 Å². The van der Waals surface area contributed by atoms with E-state index >= 15 is 0 Å². The molecule has 0 rings (SSSR count). The fourth-order valence-corrected chi connectivity index (χ4v) is 1.31. The Morgan fingerprint density at radius 1 is 0.519 bits per heavy atom. The highest BCUT2D eigenvalue weighted by atomic mass is 19.4. The van der Waals surface area contributed by atoms with Gasteiger partial charge in [-0.3, -0.25) is 0 Å². The maximum Gasteiger partial charge on any atom is 0.372 e. The number of hydrogen-bond acceptors (Lipinski definition) is 1. The standard InChI is InChI=1S/C12H8F14O/c1-3(5(13)9(19,20)11(23,24)7(15)16)27-4(2)6(14)10(21,22)12(25,26)8(17)18/h5-8H,1-2H2. The van der Waals surface area contributed by atoms with Crippen LogP contribution >= 0.6 is 0 Å². The van der Waals surface area contributed by atoms with E-state index in [4.69, 9.17) is 0 Å². The molecule has 1 nitrogen and oxygen atoms in total. The highest BCUT2D eigenvalue weighted by molar-refractivity contribution is 5.13. The molecule has 0 radical (unpaired) electrons. The van der Waals surface area contributed by atoms with Gasteiger partial charge in [-0.1, -0.05) is 13.2 Å². The van der Waals surface area contributed by atoms with Gasteiger partial charge in [-0.2, -0.15) is 35.1 Å². The molecule has 0 aliphatic heterocycles. The average molecular weight is 434 g/mol. The van der Waals surface area contributed by atoms with E-state index in [1.165, 1.54) is 0 Å². The molecule has 0 aromatic heterocycles. The molecule has 0 aliphatic carbocycles. The first-order valence-corrected chi connectivity index (χ1v) is 6.17. The summed E-state index contributed by atoms with van der Waals surface area (Å²) < 4.78 is 180. The minimum absolute atomic E-state index is 2.13. The van der Waals surface area contributed by atoms with Crippen LogP contribution in [0, 0.1) is 0 Å². The summed E-state index contributed by atoms with van der Waals surface area (Å²) in [6.45, 7) is 4.26. The molecular formula is C12H8F14O. The second-order valence-electron chi connectivity index (χ2n) is 4.85. The Kier molecular flexibility index (Phi) is 7.25. The topological polar surface area (TPSA) is 9.23 Å². The highest BCUT2D eigenvalue weighted by Crippen LogP contribution is 2.47. The van der Waals surface area contributed by atoms with Crippen LogP contribution in [0.5, 0.6) is 0 Å². The predicted molar refractivity (Wildman–Crippen MR) is 61.0 cm³/mol. The Labute approximate surface area is 141 Å². The van der Waals surface area contributed by atoms with Crippen LogP contribution in [0.2, 0.25) is 0 Å². The van der Waals surface area contributed by atoms with Crippen LogP contribution in [0.1, 0.15) is 0 Å². The van der Waals surface area contributed by atoms with E-state index in [-0.39, 0.29) is 0 Å². The summed E-state index contributed by atoms with van der Waals surface area (Å²) in [6.07, 6.45) is -19.4. The molecule has 2 unspecified atom stereocenters. The summed E-state index contributed by atoms with van der Waals surface area (Å²) in [5.74, 6) is -30.0. The fourth-order valence-electron chi connectivity index (χ4n) is 1.31. The van der Waals surface area contributed by atoms with E-state index in [1.54, 1.807) is 0 Å². The molecule has 160 valence electrons. The van der Waals surface area contributed by atoms with Crippen LogP contribution in [-0.4, -0.2) is 48.9 Å². The van der Waals surface area contributed by atoms with Crippen LogP contribution in [0.3, 0.4) is 0 Å². The van der Waals surface area contributed by atoms with Crippen molar-refractivity contribution in [3.8, 4) is 0 Å². The zero-order valence-corrected chi connectivity index (χ0v) is 12.4. The van der Waals surface area contributed by atoms with Gasteiger partial charge in [0.15, 0.2) is 0 Å². The van der Waals surface area contributed by atoms with Gasteiger partial charge in [0.1, 0.15) is 11.5 Å². The van der Waals surface area contributed by atoms with E-state index in [0.717, 1.165) is 0 Å². The summed E-state index contributed by atoms with van der Waals surface area (Å²) in [4.78, 5) is 0. The number of rotatable bonds is 10. The van der Waals surface area contributed by atoms with Crippen LogP contribution in [0.15, 0.2) is 24.7 Å². The molecule has 0 aromatic rings. The molecule has 15 heteroatoms. The quantitative estimate of drug-likeness (QED) is 0.313. The van der Waals surface area contributed by atoms with Crippen molar-refractivity contribution >= 4 is 0 Å². The van der Waals surface area contributed by atoms with Gasteiger partial charge in [0, 0.05) is 0 Å². The van der Waals surface area contributed by atoms with E-state index < -0.39 is 60.4 Å². The van der Waals surface area contributed by atoms with Crippen molar-refractivity contribution in [1.29, 1.82) is 0 Å². The van der Waals surface area contributed by atoms with Gasteiger partial charge < -0.3 is 4.74 Å². The molecule has 0 bridgehead atoms. The predicted octanol–water partition coefficient (Wildman–Crippen LogP) is 5.78. The lowest BCUT2D eigenvalue weighted by Crippen LogP contribution is -2.54. The van der Waals surface area contributed by atoms with Gasteiger partial charge in [-0.25, -0.2) is 26.3 Å². The van der Waals surface area contributed by atoms with Gasteiger partial charge in [-0.15, -0.1) is 0 Å². The zero-order valence-electron chi connectivity index (χ0n) is 12.4. The van der Waals surface area contributed by atoms with Gasteiger partial charge in [-0.05, 0) is 0 Å². The average Bonchev–Trinajstić information content (AvgIpc) is 2.51. The summed E-state index contributed by atoms with van der Waals surface area (Å²) in [5.41, 5.74) is 0. The summed E-state index contributed by atoms with van der Waals surface area (Å²) in [6, 6.07) is 0. The first-order chi connectivity index (χ1) is 11.8. The maximum absolute atomic E-state index is 13.3. The summed E-state index contributed by atoms with van der Waals surface area (Å²) in [7, 11) is 0. The van der Waals surface area contributed by atoms with Crippen molar-refractivity contribution in [2.24, 2.45) is 0 Å². The molecule has 27 heavy (non-hydrogen) atoms. The van der Waals surface area contributed by atoms with Crippen molar-refractivity contribution in [3.05, 3.63) is 24.7 Å². The normalized spacial score (nSPS) is 16.4. The molecule has 0 N–H and O–H groups in total. The van der Waals surface area contributed by atoms with Crippen molar-refractivity contribution in [2.75, 3.05) is 0 Å². The van der Waals surface area contributed by atoms with Crippen LogP contribution in [0.25, 0.3) is 0 Å². The zero-order chi connectivity index (χ0) is 22.2. The molecule has 0 aliphatic rings. The number of hydrogen-bond donors (Lipinski definition) is 0. The second kappa shape index (κ2) is 7.73. The number of ether oxygens (including phenoxy) is 1. The van der Waals surface area contributed by atoms with Crippen LogP contribution in [0.4, 0.5) is 61.5 Å². The minimum atomic E-state index is -6.33. The summed E-state index contributed by atoms with van der Waals surface area (Å²) >= 11 is 0. The monoisotopic (exact) mass is 434 g/mol. The third kappa shape index (κ3) is 4.42. The number of halogens is 14. The largest absolute Gasteiger partial charge is 0.461 e. The molecular weight excluding hydrogens is 426 g/mol. The Hall–Kier alpha value is -1.70. The van der Waals surface area contributed by atoms with Crippen molar-refractivity contribution in [2.45, 2.75) is 48.9 Å². The Morgan fingerprint density at radius 3 is 0.926 bits per heavy atom. The van der Waals surface area contributed by atoms with Crippen molar-refractivity contribution < 1.29 is 66.2 Å². The Bertz CT molecular complexity index is 506. The SMILES string of the molecule is C=C(OC(=C)C(F)C(F)(F)C(F)(F)C(F)F)C(F)C(F)(F)C(F)(F)C(F)F. The van der Waals surface area contributed by atoms with Gasteiger partial charge in [0.05, 0.1) is 0 Å². The second-order valence-corrected chi connectivity index (χ2v) is 4.85. The first-order valence-electron chi connectivity index (χ1n) is 6.17. The van der Waals surface area contributed by atoms with E-state index in [0.29, 0.717) is 0 Å². The van der Waals surface area contributed by atoms with Crippen molar-refractivity contribution in [1.82, 2.24) is 0 Å². The molecule has 2 atom stereocenters. The first kappa shape index (κ1) is 25.3. The Balaban J connectivity index is 5.45. The molecule has 0 fully saturated rings. The number of alkyl halides is 14. The minimum Gasteiger partial charge on any atom is -0.461 e. The molecule has 0 aromatic carbocycles. The molecule has 0 spiro atoms. The lowest BCUT2D eigenvalue weighted by molar-refractivity contribution is -0.287. The molecule has 0 amide bonds. The smallest absolute Gasteiger partial charge is 0.372 e. The van der Waals surface area contributed by atoms with Gasteiger partial charge >= 0.3 is 36.5 Å². The third-order valence-electron chi connectivity index (χ3n) is 2.90. The van der Waals surface area contributed by atoms with Gasteiger partial charge in [0.2, 0.25) is 12.3 Å². The van der Waals surface area contributed by atoms with E-state index in [2.05, 4.69) is 17.9 Å². The fraction of sp³-hybridized carbons (Fsp3) is 0.667. The maximum atomic E-state index is 13.3. The van der Waals surface area contributed by atoms with Crippen molar-refractivity contribution in [3.63, 3.8) is 0 Å². The third-order valence-corrected chi connectivity index (χ3v) is 2.90. The lowest BCUT2D eigenvalue weighted by atomic mass is 10.0. The van der Waals surface area contributed by atoms with E-state index in [9.17, 15) is 61.5 Å². The van der Waals surface area contributed by atoms with Crippen LogP contribution in [-0.2, 0) is 4.74 Å². The molecule has 0 heterocycles. The van der Waals surface area contributed by atoms with Gasteiger partial charge in [0.25, 0.3) is 0 Å². The molecule has 0 saturated heterocycles. The summed E-state index contributed by atoms with van der Waals surface area (Å²) in [5, 5.41) is 0. The Morgan fingerprint density at radius 2 is 0.741 bits per heavy atom. The van der Waals surface area contributed by atoms with E-state index in [1.807, 2.05) is 0 Å². The highest BCUT2D eigenvalue weighted by Gasteiger charge is 2.70.